The van der Waals surface area contributed by atoms with Crippen LogP contribution in [0, 0.1) is 5.92 Å². The first kappa shape index (κ1) is 21.6. The molecule has 0 atom stereocenters. The number of aromatic nitrogens is 4. The van der Waals surface area contributed by atoms with Crippen LogP contribution in [0.15, 0.2) is 48.7 Å². The summed E-state index contributed by atoms with van der Waals surface area (Å²) in [5, 5.41) is 15.4. The molecule has 0 aliphatic carbocycles. The quantitative estimate of drug-likeness (QED) is 0.521. The highest BCUT2D eigenvalue weighted by molar-refractivity contribution is 6.04. The average Bonchev–Trinajstić information content (AvgIpc) is 2.84. The van der Waals surface area contributed by atoms with Crippen LogP contribution >= 0.6 is 0 Å². The number of hydrogen-bond acceptors (Lipinski definition) is 8. The van der Waals surface area contributed by atoms with Crippen molar-refractivity contribution in [3.05, 3.63) is 60.0 Å². The summed E-state index contributed by atoms with van der Waals surface area (Å²) >= 11 is 0. The molecule has 0 spiro atoms. The molecule has 3 heterocycles. The molecule has 32 heavy (non-hydrogen) atoms. The monoisotopic (exact) mass is 433 g/mol. The Labute approximate surface area is 187 Å². The van der Waals surface area contributed by atoms with Crippen molar-refractivity contribution in [2.24, 2.45) is 5.92 Å². The number of aryl methyl sites for hydroxylation is 1. The van der Waals surface area contributed by atoms with Crippen LogP contribution in [-0.4, -0.2) is 50.6 Å². The third-order valence-corrected chi connectivity index (χ3v) is 5.44. The summed E-state index contributed by atoms with van der Waals surface area (Å²) in [6.45, 7) is 3.81. The van der Waals surface area contributed by atoms with E-state index in [1.165, 1.54) is 0 Å². The Morgan fingerprint density at radius 3 is 2.62 bits per heavy atom. The van der Waals surface area contributed by atoms with Crippen LogP contribution in [0.5, 0.6) is 0 Å². The molecule has 1 aliphatic heterocycles. The predicted octanol–water partition coefficient (Wildman–Crippen LogP) is 3.03. The molecule has 0 bridgehead atoms. The van der Waals surface area contributed by atoms with Crippen LogP contribution in [0.25, 0.3) is 0 Å². The van der Waals surface area contributed by atoms with E-state index in [0.29, 0.717) is 41.4 Å². The van der Waals surface area contributed by atoms with Crippen molar-refractivity contribution >= 4 is 29.3 Å². The zero-order valence-electron chi connectivity index (χ0n) is 18.0. The van der Waals surface area contributed by atoms with Crippen LogP contribution in [0.3, 0.4) is 0 Å². The van der Waals surface area contributed by atoms with Gasteiger partial charge in [-0.15, -0.1) is 0 Å². The van der Waals surface area contributed by atoms with Crippen molar-refractivity contribution in [1.29, 1.82) is 0 Å². The van der Waals surface area contributed by atoms with E-state index in [2.05, 4.69) is 35.5 Å². The lowest BCUT2D eigenvalue weighted by Crippen LogP contribution is -2.36. The number of amides is 1. The molecule has 1 amide bonds. The van der Waals surface area contributed by atoms with Gasteiger partial charge in [-0.1, -0.05) is 25.1 Å². The second-order valence-corrected chi connectivity index (χ2v) is 7.72. The number of benzene rings is 1. The summed E-state index contributed by atoms with van der Waals surface area (Å²) < 4.78 is 0. The molecule has 9 nitrogen and oxygen atoms in total. The lowest BCUT2D eigenvalue weighted by Gasteiger charge is -2.31. The second kappa shape index (κ2) is 10.1. The van der Waals surface area contributed by atoms with Gasteiger partial charge < -0.3 is 20.6 Å². The largest absolute Gasteiger partial charge is 0.396 e. The van der Waals surface area contributed by atoms with E-state index in [9.17, 15) is 9.90 Å². The normalized spacial score (nSPS) is 14.2. The first-order valence-electron chi connectivity index (χ1n) is 10.8. The van der Waals surface area contributed by atoms with Gasteiger partial charge in [0, 0.05) is 43.6 Å². The van der Waals surface area contributed by atoms with E-state index in [4.69, 9.17) is 0 Å². The number of anilines is 4. The molecule has 3 N–H and O–H groups in total. The van der Waals surface area contributed by atoms with Crippen LogP contribution in [0.4, 0.5) is 23.4 Å². The van der Waals surface area contributed by atoms with Gasteiger partial charge in [-0.05, 0) is 43.0 Å². The minimum atomic E-state index is -0.223. The van der Waals surface area contributed by atoms with Gasteiger partial charge in [0.25, 0.3) is 5.91 Å². The van der Waals surface area contributed by atoms with Crippen molar-refractivity contribution in [2.45, 2.75) is 26.2 Å². The first-order valence-corrected chi connectivity index (χ1v) is 10.8. The molecule has 2 aromatic heterocycles. The molecule has 0 saturated carbocycles. The zero-order chi connectivity index (χ0) is 22.3. The lowest BCUT2D eigenvalue weighted by molar-refractivity contribution is 0.102. The number of rotatable bonds is 7. The van der Waals surface area contributed by atoms with E-state index < -0.39 is 0 Å². The van der Waals surface area contributed by atoms with Crippen LogP contribution < -0.4 is 15.5 Å². The lowest BCUT2D eigenvalue weighted by atomic mass is 9.98. The van der Waals surface area contributed by atoms with Gasteiger partial charge in [0.15, 0.2) is 0 Å². The molecular weight excluding hydrogens is 406 g/mol. The summed E-state index contributed by atoms with van der Waals surface area (Å²) in [5.41, 5.74) is 1.20. The van der Waals surface area contributed by atoms with Crippen molar-refractivity contribution < 1.29 is 9.90 Å². The van der Waals surface area contributed by atoms with E-state index >= 15 is 0 Å². The first-order chi connectivity index (χ1) is 15.6. The van der Waals surface area contributed by atoms with E-state index in [0.717, 1.165) is 31.6 Å². The molecule has 0 unspecified atom stereocenters. The Hall–Kier alpha value is -3.59. The maximum atomic E-state index is 12.6. The number of para-hydroxylation sites is 1. The predicted molar refractivity (Wildman–Crippen MR) is 123 cm³/mol. The maximum absolute atomic E-state index is 12.6. The van der Waals surface area contributed by atoms with Crippen molar-refractivity contribution in [2.75, 3.05) is 35.2 Å². The fourth-order valence-electron chi connectivity index (χ4n) is 3.56. The van der Waals surface area contributed by atoms with Gasteiger partial charge in [-0.2, -0.15) is 15.0 Å². The third-order valence-electron chi connectivity index (χ3n) is 5.44. The Morgan fingerprint density at radius 2 is 1.91 bits per heavy atom. The average molecular weight is 434 g/mol. The summed E-state index contributed by atoms with van der Waals surface area (Å²) in [7, 11) is 0. The van der Waals surface area contributed by atoms with E-state index in [1.807, 2.05) is 37.3 Å². The SMILES string of the molecule is CCc1nc(Nc2cc(C(=O)Nc3ccccc3)ccn2)nc(N2CCC(CO)CC2)n1. The smallest absolute Gasteiger partial charge is 0.255 e. The molecule has 1 saturated heterocycles. The molecule has 166 valence electrons. The molecule has 4 rings (SSSR count). The highest BCUT2D eigenvalue weighted by Crippen LogP contribution is 2.22. The Kier molecular flexibility index (Phi) is 6.86. The molecule has 9 heteroatoms. The van der Waals surface area contributed by atoms with Gasteiger partial charge in [0.2, 0.25) is 11.9 Å². The minimum Gasteiger partial charge on any atom is -0.396 e. The van der Waals surface area contributed by atoms with Crippen LogP contribution in [0.2, 0.25) is 0 Å². The van der Waals surface area contributed by atoms with Crippen molar-refractivity contribution in [1.82, 2.24) is 19.9 Å². The van der Waals surface area contributed by atoms with Gasteiger partial charge in [-0.25, -0.2) is 4.98 Å². The second-order valence-electron chi connectivity index (χ2n) is 7.72. The van der Waals surface area contributed by atoms with E-state index in [1.54, 1.807) is 18.3 Å². The fraction of sp³-hybridized carbons (Fsp3) is 0.348. The molecule has 1 aromatic carbocycles. The van der Waals surface area contributed by atoms with Crippen molar-refractivity contribution in [3.8, 4) is 0 Å². The standard InChI is InChI=1S/C23H27N7O2/c1-2-19-26-22(29-23(28-19)30-12-9-16(15-31)10-13-30)27-20-14-17(8-11-24-20)21(32)25-18-6-4-3-5-7-18/h3-8,11,14,16,31H,2,9-10,12-13,15H2,1H3,(H,25,32)(H,24,26,27,28,29). The minimum absolute atomic E-state index is 0.220. The molecule has 3 aromatic rings. The number of aliphatic hydroxyl groups excluding tert-OH is 1. The number of hydrogen-bond donors (Lipinski definition) is 3. The van der Waals surface area contributed by atoms with Gasteiger partial charge in [0.05, 0.1) is 0 Å². The highest BCUT2D eigenvalue weighted by atomic mass is 16.3. The Bertz CT molecular complexity index is 1050. The number of nitrogens with zero attached hydrogens (tertiary/aromatic N) is 5. The third kappa shape index (κ3) is 5.36. The summed E-state index contributed by atoms with van der Waals surface area (Å²) in [5.74, 6) is 2.28. The summed E-state index contributed by atoms with van der Waals surface area (Å²) in [6, 6.07) is 12.6. The number of carbonyl (C=O) groups excluding carboxylic acids is 1. The highest BCUT2D eigenvalue weighted by Gasteiger charge is 2.21. The Morgan fingerprint density at radius 1 is 1.12 bits per heavy atom. The summed E-state index contributed by atoms with van der Waals surface area (Å²) in [6.07, 6.45) is 4.06. The number of carbonyl (C=O) groups is 1. The molecular formula is C23H27N7O2. The van der Waals surface area contributed by atoms with Gasteiger partial charge in [0.1, 0.15) is 11.6 Å². The number of aliphatic hydroxyl groups is 1. The zero-order valence-corrected chi connectivity index (χ0v) is 18.0. The maximum Gasteiger partial charge on any atom is 0.255 e. The van der Waals surface area contributed by atoms with E-state index in [-0.39, 0.29) is 12.5 Å². The summed E-state index contributed by atoms with van der Waals surface area (Å²) in [4.78, 5) is 32.7. The van der Waals surface area contributed by atoms with Gasteiger partial charge >= 0.3 is 0 Å². The van der Waals surface area contributed by atoms with Gasteiger partial charge in [-0.3, -0.25) is 4.79 Å². The van der Waals surface area contributed by atoms with Crippen molar-refractivity contribution in [3.63, 3.8) is 0 Å². The Balaban J connectivity index is 1.50. The molecule has 1 fully saturated rings. The number of pyridine rings is 1. The topological polar surface area (TPSA) is 116 Å². The number of nitrogens with one attached hydrogen (secondary N) is 2. The molecule has 0 radical (unpaired) electrons. The van der Waals surface area contributed by atoms with Crippen LogP contribution in [-0.2, 0) is 6.42 Å². The molecule has 1 aliphatic rings. The van der Waals surface area contributed by atoms with Crippen LogP contribution in [0.1, 0.15) is 35.9 Å². The number of piperidine rings is 1. The fourth-order valence-corrected chi connectivity index (χ4v) is 3.56.